The van der Waals surface area contributed by atoms with E-state index in [0.29, 0.717) is 24.5 Å². The van der Waals surface area contributed by atoms with Crippen LogP contribution >= 0.6 is 11.6 Å². The van der Waals surface area contributed by atoms with E-state index < -0.39 is 0 Å². The Bertz CT molecular complexity index is 1060. The Morgan fingerprint density at radius 3 is 2.52 bits per heavy atom. The Morgan fingerprint density at radius 1 is 1.14 bits per heavy atom. The van der Waals surface area contributed by atoms with Crippen molar-refractivity contribution in [2.24, 2.45) is 0 Å². The van der Waals surface area contributed by atoms with Crippen molar-refractivity contribution < 1.29 is 4.79 Å². The fraction of sp³-hybridized carbons (Fsp3) is 0.318. The Hall–Kier alpha value is -2.86. The first-order valence-electron chi connectivity index (χ1n) is 9.78. The predicted octanol–water partition coefficient (Wildman–Crippen LogP) is 3.47. The molecule has 7 heteroatoms. The van der Waals surface area contributed by atoms with Gasteiger partial charge in [-0.1, -0.05) is 47.5 Å². The van der Waals surface area contributed by atoms with Crippen LogP contribution in [-0.4, -0.2) is 38.7 Å². The second kappa shape index (κ2) is 8.25. The maximum absolute atomic E-state index is 12.7. The number of nitrogens with zero attached hydrogens (tertiary/aromatic N) is 3. The molecule has 6 nitrogen and oxygen atoms in total. The van der Waals surface area contributed by atoms with Crippen LogP contribution in [-0.2, 0) is 11.2 Å². The minimum atomic E-state index is -0.235. The Morgan fingerprint density at radius 2 is 1.83 bits per heavy atom. The number of aryl methyl sites for hydroxylation is 1. The van der Waals surface area contributed by atoms with E-state index in [1.807, 2.05) is 54.3 Å². The summed E-state index contributed by atoms with van der Waals surface area (Å²) >= 11 is 6.18. The molecule has 4 rings (SSSR count). The second-order valence-corrected chi connectivity index (χ2v) is 7.89. The molecule has 0 spiro atoms. The Kier molecular flexibility index (Phi) is 5.53. The lowest BCUT2D eigenvalue weighted by molar-refractivity contribution is -0.131. The number of aromatic amines is 1. The summed E-state index contributed by atoms with van der Waals surface area (Å²) in [6.07, 6.45) is 1.84. The summed E-state index contributed by atoms with van der Waals surface area (Å²) in [5, 5.41) is 7.49. The molecule has 1 aromatic heterocycles. The van der Waals surface area contributed by atoms with Crippen molar-refractivity contribution in [3.63, 3.8) is 0 Å². The van der Waals surface area contributed by atoms with Crippen LogP contribution < -0.4 is 5.69 Å². The van der Waals surface area contributed by atoms with Crippen molar-refractivity contribution >= 4 is 17.5 Å². The number of hydrogen-bond acceptors (Lipinski definition) is 3. The van der Waals surface area contributed by atoms with E-state index in [4.69, 9.17) is 11.6 Å². The summed E-state index contributed by atoms with van der Waals surface area (Å²) in [7, 11) is 0. The van der Waals surface area contributed by atoms with Gasteiger partial charge in [0.25, 0.3) is 0 Å². The number of aromatic nitrogens is 3. The third-order valence-electron chi connectivity index (χ3n) is 5.50. The predicted molar refractivity (Wildman–Crippen MR) is 113 cm³/mol. The number of carbonyl (C=O) groups is 1. The SMILES string of the molecule is Cc1ccc(-n2c(C3CCN(C(=O)Cc4ccccc4Cl)CC3)n[nH]c2=O)cc1. The molecular weight excluding hydrogens is 388 g/mol. The smallest absolute Gasteiger partial charge is 0.342 e. The van der Waals surface area contributed by atoms with Crippen LogP contribution in [0.3, 0.4) is 0 Å². The van der Waals surface area contributed by atoms with Crippen molar-refractivity contribution in [3.8, 4) is 5.69 Å². The van der Waals surface area contributed by atoms with E-state index in [2.05, 4.69) is 10.2 Å². The molecule has 0 unspecified atom stereocenters. The lowest BCUT2D eigenvalue weighted by atomic mass is 9.95. The molecule has 0 saturated carbocycles. The highest BCUT2D eigenvalue weighted by Gasteiger charge is 2.28. The highest BCUT2D eigenvalue weighted by Crippen LogP contribution is 2.28. The lowest BCUT2D eigenvalue weighted by Gasteiger charge is -2.31. The summed E-state index contributed by atoms with van der Waals surface area (Å²) < 4.78 is 1.64. The molecular formula is C22H23ClN4O2. The molecule has 1 N–H and O–H groups in total. The monoisotopic (exact) mass is 410 g/mol. The molecule has 0 aliphatic carbocycles. The van der Waals surface area contributed by atoms with Gasteiger partial charge in [-0.25, -0.2) is 14.5 Å². The minimum Gasteiger partial charge on any atom is -0.342 e. The molecule has 1 amide bonds. The van der Waals surface area contributed by atoms with Gasteiger partial charge in [0, 0.05) is 24.0 Å². The average molecular weight is 411 g/mol. The number of benzene rings is 2. The summed E-state index contributed by atoms with van der Waals surface area (Å²) in [4.78, 5) is 26.9. The first-order chi connectivity index (χ1) is 14.0. The van der Waals surface area contributed by atoms with E-state index in [1.165, 1.54) is 0 Å². The van der Waals surface area contributed by atoms with E-state index in [1.54, 1.807) is 10.6 Å². The van der Waals surface area contributed by atoms with Gasteiger partial charge in [-0.3, -0.25) is 4.79 Å². The Balaban J connectivity index is 1.45. The number of hydrogen-bond donors (Lipinski definition) is 1. The lowest BCUT2D eigenvalue weighted by Crippen LogP contribution is -2.39. The second-order valence-electron chi connectivity index (χ2n) is 7.48. The molecule has 150 valence electrons. The molecule has 0 bridgehead atoms. The molecule has 1 fully saturated rings. The fourth-order valence-corrected chi connectivity index (χ4v) is 4.03. The van der Waals surface area contributed by atoms with E-state index in [-0.39, 0.29) is 17.5 Å². The number of piperidine rings is 1. The molecule has 1 saturated heterocycles. The third-order valence-corrected chi connectivity index (χ3v) is 5.87. The van der Waals surface area contributed by atoms with Crippen molar-refractivity contribution in [2.45, 2.75) is 32.1 Å². The van der Waals surface area contributed by atoms with Crippen LogP contribution in [0.15, 0.2) is 53.3 Å². The van der Waals surface area contributed by atoms with E-state index in [0.717, 1.165) is 35.5 Å². The highest BCUT2D eigenvalue weighted by molar-refractivity contribution is 6.31. The summed E-state index contributed by atoms with van der Waals surface area (Å²) in [6, 6.07) is 15.3. The number of nitrogens with one attached hydrogen (secondary N) is 1. The summed E-state index contributed by atoms with van der Waals surface area (Å²) in [5.74, 6) is 0.936. The van der Waals surface area contributed by atoms with Crippen molar-refractivity contribution in [1.29, 1.82) is 0 Å². The maximum Gasteiger partial charge on any atom is 0.347 e. The zero-order chi connectivity index (χ0) is 20.4. The highest BCUT2D eigenvalue weighted by atomic mass is 35.5. The van der Waals surface area contributed by atoms with Gasteiger partial charge < -0.3 is 4.90 Å². The van der Waals surface area contributed by atoms with Crippen LogP contribution in [0.25, 0.3) is 5.69 Å². The number of likely N-dealkylation sites (tertiary alicyclic amines) is 1. The quantitative estimate of drug-likeness (QED) is 0.715. The van der Waals surface area contributed by atoms with Crippen LogP contribution in [0.4, 0.5) is 0 Å². The van der Waals surface area contributed by atoms with Crippen LogP contribution in [0.2, 0.25) is 5.02 Å². The van der Waals surface area contributed by atoms with Crippen molar-refractivity contribution in [3.05, 3.63) is 81.0 Å². The van der Waals surface area contributed by atoms with E-state index in [9.17, 15) is 9.59 Å². The van der Waals surface area contributed by atoms with Crippen LogP contribution in [0, 0.1) is 6.92 Å². The van der Waals surface area contributed by atoms with Gasteiger partial charge >= 0.3 is 5.69 Å². The van der Waals surface area contributed by atoms with Gasteiger partial charge in [-0.2, -0.15) is 5.10 Å². The van der Waals surface area contributed by atoms with Crippen molar-refractivity contribution in [2.75, 3.05) is 13.1 Å². The topological polar surface area (TPSA) is 71.0 Å². The Labute approximate surface area is 174 Å². The fourth-order valence-electron chi connectivity index (χ4n) is 3.83. The minimum absolute atomic E-state index is 0.0782. The molecule has 2 heterocycles. The zero-order valence-electron chi connectivity index (χ0n) is 16.3. The zero-order valence-corrected chi connectivity index (χ0v) is 17.0. The van der Waals surface area contributed by atoms with Crippen LogP contribution in [0.5, 0.6) is 0 Å². The van der Waals surface area contributed by atoms with Gasteiger partial charge in [0.1, 0.15) is 5.82 Å². The third kappa shape index (κ3) is 4.12. The van der Waals surface area contributed by atoms with Gasteiger partial charge in [-0.15, -0.1) is 0 Å². The maximum atomic E-state index is 12.7. The molecule has 29 heavy (non-hydrogen) atoms. The van der Waals surface area contributed by atoms with Crippen molar-refractivity contribution in [1.82, 2.24) is 19.7 Å². The number of halogens is 1. The number of H-pyrrole nitrogens is 1. The number of carbonyl (C=O) groups excluding carboxylic acids is 1. The standard InChI is InChI=1S/C22H23ClN4O2/c1-15-6-8-18(9-7-15)27-21(24-25-22(27)29)16-10-12-26(13-11-16)20(28)14-17-4-2-3-5-19(17)23/h2-9,16H,10-14H2,1H3,(H,25,29). The van der Waals surface area contributed by atoms with Gasteiger partial charge in [0.05, 0.1) is 12.1 Å². The number of amides is 1. The van der Waals surface area contributed by atoms with E-state index >= 15 is 0 Å². The van der Waals surface area contributed by atoms with Gasteiger partial charge in [0.15, 0.2) is 0 Å². The molecule has 1 aliphatic heterocycles. The molecule has 2 aromatic carbocycles. The largest absolute Gasteiger partial charge is 0.347 e. The number of rotatable bonds is 4. The normalized spacial score (nSPS) is 14.9. The average Bonchev–Trinajstić information content (AvgIpc) is 3.12. The van der Waals surface area contributed by atoms with Gasteiger partial charge in [-0.05, 0) is 43.5 Å². The molecule has 1 aliphatic rings. The summed E-state index contributed by atoms with van der Waals surface area (Å²) in [6.45, 7) is 3.30. The summed E-state index contributed by atoms with van der Waals surface area (Å²) in [5.41, 5.74) is 2.56. The molecule has 0 radical (unpaired) electrons. The molecule has 0 atom stereocenters. The van der Waals surface area contributed by atoms with Crippen LogP contribution in [0.1, 0.15) is 35.7 Å². The molecule has 3 aromatic rings. The first-order valence-corrected chi connectivity index (χ1v) is 10.2. The van der Waals surface area contributed by atoms with Gasteiger partial charge in [0.2, 0.25) is 5.91 Å². The first kappa shape index (κ1) is 19.5.